The average Bonchev–Trinajstić information content (AvgIpc) is 3.21. The van der Waals surface area contributed by atoms with Crippen LogP contribution in [-0.4, -0.2) is 37.2 Å². The van der Waals surface area contributed by atoms with Crippen molar-refractivity contribution >= 4 is 17.9 Å². The number of rotatable bonds is 45. The van der Waals surface area contributed by atoms with E-state index in [0.717, 1.165) is 77.0 Å². The summed E-state index contributed by atoms with van der Waals surface area (Å²) in [5.74, 6) is -0.894. The first kappa shape index (κ1) is 54.9. The van der Waals surface area contributed by atoms with Crippen LogP contribution in [0.15, 0.2) is 24.3 Å². The maximum Gasteiger partial charge on any atom is 0.306 e. The Morgan fingerprint density at radius 2 is 0.596 bits per heavy atom. The number of hydrogen-bond donors (Lipinski definition) is 0. The predicted molar refractivity (Wildman–Crippen MR) is 243 cm³/mol. The van der Waals surface area contributed by atoms with E-state index in [0.29, 0.717) is 19.3 Å². The summed E-state index contributed by atoms with van der Waals surface area (Å²) < 4.78 is 16.7. The maximum atomic E-state index is 12.7. The van der Waals surface area contributed by atoms with E-state index < -0.39 is 6.10 Å². The van der Waals surface area contributed by atoms with Crippen molar-refractivity contribution in [1.82, 2.24) is 0 Å². The fourth-order valence-corrected chi connectivity index (χ4v) is 7.12. The van der Waals surface area contributed by atoms with E-state index >= 15 is 0 Å². The van der Waals surface area contributed by atoms with E-state index in [9.17, 15) is 14.4 Å². The molecular weight excluding hydrogens is 709 g/mol. The first-order valence-electron chi connectivity index (χ1n) is 24.8. The molecule has 0 aliphatic carbocycles. The molecule has 6 nitrogen and oxygen atoms in total. The van der Waals surface area contributed by atoms with Gasteiger partial charge < -0.3 is 14.2 Å². The van der Waals surface area contributed by atoms with Crippen molar-refractivity contribution in [2.45, 2.75) is 271 Å². The Hall–Kier alpha value is -2.11. The summed E-state index contributed by atoms with van der Waals surface area (Å²) in [5.41, 5.74) is 0. The van der Waals surface area contributed by atoms with Crippen molar-refractivity contribution in [3.8, 4) is 0 Å². The normalized spacial score (nSPS) is 12.1. The van der Waals surface area contributed by atoms with Gasteiger partial charge in [-0.1, -0.05) is 206 Å². The van der Waals surface area contributed by atoms with Gasteiger partial charge >= 0.3 is 17.9 Å². The van der Waals surface area contributed by atoms with Gasteiger partial charge in [0.15, 0.2) is 6.10 Å². The smallest absolute Gasteiger partial charge is 0.306 e. The lowest BCUT2D eigenvalue weighted by Crippen LogP contribution is -2.30. The molecule has 6 heteroatoms. The third-order valence-corrected chi connectivity index (χ3v) is 10.9. The second-order valence-corrected chi connectivity index (χ2v) is 16.7. The monoisotopic (exact) mass is 803 g/mol. The van der Waals surface area contributed by atoms with Gasteiger partial charge in [0.2, 0.25) is 0 Å². The van der Waals surface area contributed by atoms with Crippen LogP contribution in [0, 0.1) is 0 Å². The SMILES string of the molecule is CCCC/C=C\CCCCCCCC(=O)OCC(COC(=O)CCCCCCCCCCCCCCCCC)OC(=O)CCCCC/C=C\CCCCCCCC. The molecule has 1 atom stereocenters. The molecule has 1 unspecified atom stereocenters. The first-order valence-corrected chi connectivity index (χ1v) is 24.8. The molecule has 0 aliphatic heterocycles. The molecule has 0 saturated heterocycles. The molecule has 0 spiro atoms. The molecule has 0 saturated carbocycles. The molecule has 0 aromatic rings. The van der Waals surface area contributed by atoms with Gasteiger partial charge in [-0.2, -0.15) is 0 Å². The van der Waals surface area contributed by atoms with E-state index in [1.165, 1.54) is 148 Å². The summed E-state index contributed by atoms with van der Waals surface area (Å²) in [6, 6.07) is 0. The Morgan fingerprint density at radius 3 is 0.947 bits per heavy atom. The second-order valence-electron chi connectivity index (χ2n) is 16.7. The Bertz CT molecular complexity index is 927. The van der Waals surface area contributed by atoms with Crippen molar-refractivity contribution in [1.29, 1.82) is 0 Å². The third kappa shape index (κ3) is 44.8. The highest BCUT2D eigenvalue weighted by Gasteiger charge is 2.19. The summed E-state index contributed by atoms with van der Waals surface area (Å²) in [6.07, 6.45) is 51.6. The summed E-state index contributed by atoms with van der Waals surface area (Å²) >= 11 is 0. The maximum absolute atomic E-state index is 12.7. The van der Waals surface area contributed by atoms with Crippen molar-refractivity contribution in [2.24, 2.45) is 0 Å². The van der Waals surface area contributed by atoms with Gasteiger partial charge in [0.05, 0.1) is 0 Å². The topological polar surface area (TPSA) is 78.9 Å². The number of ether oxygens (including phenoxy) is 3. The van der Waals surface area contributed by atoms with Gasteiger partial charge in [0.1, 0.15) is 13.2 Å². The second kappa shape index (κ2) is 46.6. The number of carbonyl (C=O) groups is 3. The lowest BCUT2D eigenvalue weighted by atomic mass is 10.0. The molecule has 0 amide bonds. The van der Waals surface area contributed by atoms with Gasteiger partial charge in [-0.05, 0) is 64.2 Å². The highest BCUT2D eigenvalue weighted by molar-refractivity contribution is 5.71. The minimum absolute atomic E-state index is 0.0765. The predicted octanol–water partition coefficient (Wildman–Crippen LogP) is 16.0. The molecule has 0 fully saturated rings. The Balaban J connectivity index is 4.35. The minimum atomic E-state index is -0.776. The van der Waals surface area contributed by atoms with Crippen LogP contribution in [-0.2, 0) is 28.6 Å². The summed E-state index contributed by atoms with van der Waals surface area (Å²) in [5, 5.41) is 0. The lowest BCUT2D eigenvalue weighted by molar-refractivity contribution is -0.167. The quantitative estimate of drug-likeness (QED) is 0.0264. The highest BCUT2D eigenvalue weighted by Crippen LogP contribution is 2.15. The lowest BCUT2D eigenvalue weighted by Gasteiger charge is -2.18. The first-order chi connectivity index (χ1) is 28.0. The highest BCUT2D eigenvalue weighted by atomic mass is 16.6. The molecule has 0 rings (SSSR count). The molecule has 0 N–H and O–H groups in total. The van der Waals surface area contributed by atoms with Gasteiger partial charge in [-0.3, -0.25) is 14.4 Å². The van der Waals surface area contributed by atoms with E-state index in [-0.39, 0.29) is 31.1 Å². The van der Waals surface area contributed by atoms with Crippen LogP contribution >= 0.6 is 0 Å². The fraction of sp³-hybridized carbons (Fsp3) is 0.863. The molecular formula is C51H94O6. The molecule has 0 aliphatic rings. The van der Waals surface area contributed by atoms with Crippen molar-refractivity contribution in [3.63, 3.8) is 0 Å². The van der Waals surface area contributed by atoms with Crippen LogP contribution in [0.2, 0.25) is 0 Å². The van der Waals surface area contributed by atoms with E-state index in [1.54, 1.807) is 0 Å². The van der Waals surface area contributed by atoms with Crippen molar-refractivity contribution in [2.75, 3.05) is 13.2 Å². The van der Waals surface area contributed by atoms with Gasteiger partial charge in [-0.15, -0.1) is 0 Å². The molecule has 0 heterocycles. The van der Waals surface area contributed by atoms with Crippen LogP contribution in [0.4, 0.5) is 0 Å². The molecule has 0 radical (unpaired) electrons. The molecule has 0 bridgehead atoms. The van der Waals surface area contributed by atoms with Gasteiger partial charge in [0.25, 0.3) is 0 Å². The largest absolute Gasteiger partial charge is 0.462 e. The molecule has 57 heavy (non-hydrogen) atoms. The zero-order valence-corrected chi connectivity index (χ0v) is 38.1. The molecule has 0 aromatic carbocycles. The Labute approximate surface area is 353 Å². The summed E-state index contributed by atoms with van der Waals surface area (Å²) in [7, 11) is 0. The van der Waals surface area contributed by atoms with Crippen molar-refractivity contribution < 1.29 is 28.6 Å². The van der Waals surface area contributed by atoms with Crippen LogP contribution in [0.3, 0.4) is 0 Å². The Kier molecular flexibility index (Phi) is 44.9. The zero-order valence-electron chi connectivity index (χ0n) is 38.1. The average molecular weight is 803 g/mol. The summed E-state index contributed by atoms with van der Waals surface area (Å²) in [6.45, 7) is 6.59. The third-order valence-electron chi connectivity index (χ3n) is 10.9. The van der Waals surface area contributed by atoms with E-state index in [4.69, 9.17) is 14.2 Å². The van der Waals surface area contributed by atoms with E-state index in [2.05, 4.69) is 45.1 Å². The summed E-state index contributed by atoms with van der Waals surface area (Å²) in [4.78, 5) is 37.8. The zero-order chi connectivity index (χ0) is 41.5. The van der Waals surface area contributed by atoms with Crippen LogP contribution in [0.5, 0.6) is 0 Å². The van der Waals surface area contributed by atoms with Crippen LogP contribution < -0.4 is 0 Å². The Morgan fingerprint density at radius 1 is 0.333 bits per heavy atom. The number of carbonyl (C=O) groups excluding carboxylic acids is 3. The van der Waals surface area contributed by atoms with E-state index in [1.807, 2.05) is 0 Å². The van der Waals surface area contributed by atoms with Gasteiger partial charge in [0, 0.05) is 19.3 Å². The number of esters is 3. The van der Waals surface area contributed by atoms with Crippen LogP contribution in [0.1, 0.15) is 265 Å². The molecule has 0 aromatic heterocycles. The number of hydrogen-bond acceptors (Lipinski definition) is 6. The number of unbranched alkanes of at least 4 members (excludes halogenated alkanes) is 30. The minimum Gasteiger partial charge on any atom is -0.462 e. The molecule has 334 valence electrons. The van der Waals surface area contributed by atoms with Gasteiger partial charge in [-0.25, -0.2) is 0 Å². The van der Waals surface area contributed by atoms with Crippen LogP contribution in [0.25, 0.3) is 0 Å². The standard InChI is InChI=1S/C51H94O6/c1-4-7-10-13-16-19-22-24-25-27-29-32-35-38-41-44-50(53)56-47-48(46-55-49(52)43-40-37-34-31-28-21-18-15-12-9-6-3)57-51(54)45-42-39-36-33-30-26-23-20-17-14-11-8-5-2/h15,18,26,30,48H,4-14,16-17,19-25,27-29,31-47H2,1-3H3/b18-15-,30-26-. The number of allylic oxidation sites excluding steroid dienone is 4. The fourth-order valence-electron chi connectivity index (χ4n) is 7.12. The van der Waals surface area contributed by atoms with Crippen molar-refractivity contribution in [3.05, 3.63) is 24.3 Å².